The second kappa shape index (κ2) is 5.60. The zero-order valence-corrected chi connectivity index (χ0v) is 9.86. The average Bonchev–Trinajstić information content (AvgIpc) is 2.08. The summed E-state index contributed by atoms with van der Waals surface area (Å²) in [5.74, 6) is 0. The maximum atomic E-state index is 5.82. The van der Waals surface area contributed by atoms with E-state index in [1.54, 1.807) is 0 Å². The van der Waals surface area contributed by atoms with Crippen molar-refractivity contribution in [1.82, 2.24) is 0 Å². The minimum atomic E-state index is -0.0532. The number of rotatable bonds is 2. The third-order valence-corrected chi connectivity index (χ3v) is 2.39. The van der Waals surface area contributed by atoms with Crippen LogP contribution < -0.4 is 11.5 Å². The average molecular weight is 266 g/mol. The van der Waals surface area contributed by atoms with Gasteiger partial charge >= 0.3 is 0 Å². The lowest BCUT2D eigenvalue weighted by molar-refractivity contribution is 0.731. The molecule has 0 fully saturated rings. The van der Waals surface area contributed by atoms with Gasteiger partial charge in [0.25, 0.3) is 0 Å². The molecule has 0 heterocycles. The summed E-state index contributed by atoms with van der Waals surface area (Å²) in [6.45, 7) is 2.52. The zero-order chi connectivity index (χ0) is 9.14. The summed E-state index contributed by atoms with van der Waals surface area (Å²) in [4.78, 5) is 0. The molecule has 0 unspecified atom stereocenters. The van der Waals surface area contributed by atoms with Gasteiger partial charge in [-0.25, -0.2) is 0 Å². The van der Waals surface area contributed by atoms with Crippen LogP contribution in [0, 0.1) is 6.92 Å². The van der Waals surface area contributed by atoms with E-state index >= 15 is 0 Å². The number of aryl methyl sites for hydroxylation is 1. The molecule has 0 bridgehead atoms. The second-order valence-corrected chi connectivity index (χ2v) is 3.76. The monoisotopic (exact) mass is 264 g/mol. The maximum Gasteiger partial charge on any atom is 0.0422 e. The summed E-state index contributed by atoms with van der Waals surface area (Å²) in [6.07, 6.45) is 0. The SMILES string of the molecule is Cc1ccc(Br)cc1[C@@H](N)CN.Cl. The van der Waals surface area contributed by atoms with Crippen molar-refractivity contribution >= 4 is 28.3 Å². The summed E-state index contributed by atoms with van der Waals surface area (Å²) >= 11 is 3.40. The predicted octanol–water partition coefficient (Wildman–Crippen LogP) is 2.14. The smallest absolute Gasteiger partial charge is 0.0422 e. The normalized spacial score (nSPS) is 12.0. The first kappa shape index (κ1) is 12.9. The van der Waals surface area contributed by atoms with Gasteiger partial charge in [0.05, 0.1) is 0 Å². The summed E-state index contributed by atoms with van der Waals surface area (Å²) in [5.41, 5.74) is 13.6. The van der Waals surface area contributed by atoms with Gasteiger partial charge in [0.1, 0.15) is 0 Å². The van der Waals surface area contributed by atoms with E-state index in [4.69, 9.17) is 11.5 Å². The fraction of sp³-hybridized carbons (Fsp3) is 0.333. The first-order valence-electron chi connectivity index (χ1n) is 3.87. The topological polar surface area (TPSA) is 52.0 Å². The molecule has 4 heteroatoms. The number of halogens is 2. The molecule has 0 saturated heterocycles. The Balaban J connectivity index is 0.00000144. The van der Waals surface area contributed by atoms with Crippen LogP contribution in [0.5, 0.6) is 0 Å². The van der Waals surface area contributed by atoms with Crippen LogP contribution in [0.15, 0.2) is 22.7 Å². The Morgan fingerprint density at radius 1 is 1.46 bits per heavy atom. The number of hydrogen-bond acceptors (Lipinski definition) is 2. The van der Waals surface area contributed by atoms with Crippen molar-refractivity contribution in [2.24, 2.45) is 11.5 Å². The molecule has 0 aliphatic rings. The fourth-order valence-corrected chi connectivity index (χ4v) is 1.52. The van der Waals surface area contributed by atoms with Crippen molar-refractivity contribution < 1.29 is 0 Å². The van der Waals surface area contributed by atoms with Crippen molar-refractivity contribution in [3.05, 3.63) is 33.8 Å². The van der Waals surface area contributed by atoms with E-state index in [0.717, 1.165) is 10.0 Å². The molecule has 0 spiro atoms. The summed E-state index contributed by atoms with van der Waals surface area (Å²) < 4.78 is 1.05. The molecular formula is C9H14BrClN2. The van der Waals surface area contributed by atoms with Gasteiger partial charge in [-0.1, -0.05) is 22.0 Å². The minimum Gasteiger partial charge on any atom is -0.329 e. The molecule has 1 rings (SSSR count). The minimum absolute atomic E-state index is 0. The van der Waals surface area contributed by atoms with Gasteiger partial charge in [0, 0.05) is 17.1 Å². The molecule has 0 aliphatic carbocycles. The number of hydrogen-bond donors (Lipinski definition) is 2. The second-order valence-electron chi connectivity index (χ2n) is 2.84. The van der Waals surface area contributed by atoms with Crippen LogP contribution in [0.1, 0.15) is 17.2 Å². The molecule has 1 atom stereocenters. The van der Waals surface area contributed by atoms with Gasteiger partial charge in [0.15, 0.2) is 0 Å². The Hall–Kier alpha value is -0.0900. The molecule has 13 heavy (non-hydrogen) atoms. The molecular weight excluding hydrogens is 251 g/mol. The third kappa shape index (κ3) is 3.27. The van der Waals surface area contributed by atoms with Crippen molar-refractivity contribution in [1.29, 1.82) is 0 Å². The van der Waals surface area contributed by atoms with Gasteiger partial charge in [0.2, 0.25) is 0 Å². The fourth-order valence-electron chi connectivity index (χ4n) is 1.14. The number of benzene rings is 1. The van der Waals surface area contributed by atoms with Crippen LogP contribution in [0.3, 0.4) is 0 Å². The Kier molecular flexibility index (Phi) is 5.56. The summed E-state index contributed by atoms with van der Waals surface area (Å²) in [5, 5.41) is 0. The molecule has 74 valence electrons. The van der Waals surface area contributed by atoms with E-state index in [1.807, 2.05) is 25.1 Å². The van der Waals surface area contributed by atoms with E-state index < -0.39 is 0 Å². The summed E-state index contributed by atoms with van der Waals surface area (Å²) in [7, 11) is 0. The first-order chi connectivity index (χ1) is 5.65. The van der Waals surface area contributed by atoms with Gasteiger partial charge in [-0.2, -0.15) is 0 Å². The molecule has 0 aromatic heterocycles. The Labute approximate surface area is 93.2 Å². The van der Waals surface area contributed by atoms with Crippen LogP contribution in [-0.4, -0.2) is 6.54 Å². The largest absolute Gasteiger partial charge is 0.329 e. The quantitative estimate of drug-likeness (QED) is 0.861. The van der Waals surface area contributed by atoms with Gasteiger partial charge < -0.3 is 11.5 Å². The van der Waals surface area contributed by atoms with Crippen molar-refractivity contribution in [3.63, 3.8) is 0 Å². The molecule has 1 aromatic rings. The lowest BCUT2D eigenvalue weighted by Gasteiger charge is -2.12. The van der Waals surface area contributed by atoms with E-state index in [1.165, 1.54) is 5.56 Å². The lowest BCUT2D eigenvalue weighted by Crippen LogP contribution is -2.21. The Morgan fingerprint density at radius 3 is 2.62 bits per heavy atom. The van der Waals surface area contributed by atoms with E-state index in [9.17, 15) is 0 Å². The van der Waals surface area contributed by atoms with Gasteiger partial charge in [-0.15, -0.1) is 12.4 Å². The van der Waals surface area contributed by atoms with E-state index in [0.29, 0.717) is 6.54 Å². The summed E-state index contributed by atoms with van der Waals surface area (Å²) in [6, 6.07) is 6.01. The van der Waals surface area contributed by atoms with Crippen LogP contribution in [0.4, 0.5) is 0 Å². The van der Waals surface area contributed by atoms with Crippen molar-refractivity contribution in [2.45, 2.75) is 13.0 Å². The van der Waals surface area contributed by atoms with Crippen molar-refractivity contribution in [2.75, 3.05) is 6.54 Å². The van der Waals surface area contributed by atoms with E-state index in [2.05, 4.69) is 15.9 Å². The van der Waals surface area contributed by atoms with E-state index in [-0.39, 0.29) is 18.4 Å². The van der Waals surface area contributed by atoms with Crippen LogP contribution in [0.2, 0.25) is 0 Å². The van der Waals surface area contributed by atoms with Gasteiger partial charge in [-0.05, 0) is 30.2 Å². The Bertz CT molecular complexity index is 278. The molecule has 0 aliphatic heterocycles. The van der Waals surface area contributed by atoms with Crippen molar-refractivity contribution in [3.8, 4) is 0 Å². The lowest BCUT2D eigenvalue weighted by atomic mass is 10.0. The predicted molar refractivity (Wildman–Crippen MR) is 62.1 cm³/mol. The number of nitrogens with two attached hydrogens (primary N) is 2. The van der Waals surface area contributed by atoms with Crippen LogP contribution >= 0.6 is 28.3 Å². The molecule has 4 N–H and O–H groups in total. The first-order valence-corrected chi connectivity index (χ1v) is 4.66. The molecule has 0 amide bonds. The third-order valence-electron chi connectivity index (χ3n) is 1.89. The zero-order valence-electron chi connectivity index (χ0n) is 7.46. The molecule has 1 aromatic carbocycles. The molecule has 0 saturated carbocycles. The highest BCUT2D eigenvalue weighted by atomic mass is 79.9. The molecule has 0 radical (unpaired) electrons. The standard InChI is InChI=1S/C9H13BrN2.ClH/c1-6-2-3-7(10)4-8(6)9(12)5-11;/h2-4,9H,5,11-12H2,1H3;1H/t9-;/m0./s1. The van der Waals surface area contributed by atoms with Gasteiger partial charge in [-0.3, -0.25) is 0 Å². The van der Waals surface area contributed by atoms with Crippen LogP contribution in [0.25, 0.3) is 0 Å². The maximum absolute atomic E-state index is 5.82. The Morgan fingerprint density at radius 2 is 2.08 bits per heavy atom. The highest BCUT2D eigenvalue weighted by Crippen LogP contribution is 2.20. The van der Waals surface area contributed by atoms with Crippen LogP contribution in [-0.2, 0) is 0 Å². The highest BCUT2D eigenvalue weighted by molar-refractivity contribution is 9.10. The highest BCUT2D eigenvalue weighted by Gasteiger charge is 2.06. The molecule has 2 nitrogen and oxygen atoms in total.